The summed E-state index contributed by atoms with van der Waals surface area (Å²) < 4.78 is 2.40. The van der Waals surface area contributed by atoms with Gasteiger partial charge in [-0.25, -0.2) is 0 Å². The number of nitrogens with zero attached hydrogens (tertiary/aromatic N) is 2. The minimum absolute atomic E-state index is 0.0911. The lowest BCUT2D eigenvalue weighted by atomic mass is 9.87. The zero-order valence-electron chi connectivity index (χ0n) is 29.8. The van der Waals surface area contributed by atoms with Crippen molar-refractivity contribution in [1.82, 2.24) is 4.57 Å². The molecular weight excluding hydrogens is 629 g/mol. The number of hydrogen-bond donors (Lipinski definition) is 0. The van der Waals surface area contributed by atoms with Crippen molar-refractivity contribution in [3.8, 4) is 27.9 Å². The predicted molar refractivity (Wildman–Crippen MR) is 223 cm³/mol. The smallest absolute Gasteiger partial charge is 0.0547 e. The average Bonchev–Trinajstić information content (AvgIpc) is 3.51. The monoisotopic (exact) mass is 668 g/mol. The Labute approximate surface area is 305 Å². The summed E-state index contributed by atoms with van der Waals surface area (Å²) in [5.74, 6) is 0. The predicted octanol–water partition coefficient (Wildman–Crippen LogP) is 14.0. The average molecular weight is 669 g/mol. The van der Waals surface area contributed by atoms with Gasteiger partial charge in [-0.05, 0) is 111 Å². The molecule has 0 unspecified atom stereocenters. The molecule has 9 rings (SSSR count). The van der Waals surface area contributed by atoms with Crippen molar-refractivity contribution in [1.29, 1.82) is 0 Å². The number of rotatable bonds is 6. The molecule has 0 amide bonds. The quantitative estimate of drug-likeness (QED) is 0.171. The fraction of sp³-hybridized carbons (Fsp3) is 0.0800. The lowest BCUT2D eigenvalue weighted by Crippen LogP contribution is -2.13. The minimum atomic E-state index is 0.0911. The molecule has 0 aliphatic carbocycles. The largest absolute Gasteiger partial charge is 0.311 e. The molecule has 9 aromatic rings. The van der Waals surface area contributed by atoms with Gasteiger partial charge in [0, 0.05) is 33.5 Å². The summed E-state index contributed by atoms with van der Waals surface area (Å²) in [7, 11) is 0. The van der Waals surface area contributed by atoms with Crippen LogP contribution < -0.4 is 4.90 Å². The highest BCUT2D eigenvalue weighted by atomic mass is 15.1. The molecular formula is C50H40N2. The molecule has 0 aliphatic heterocycles. The summed E-state index contributed by atoms with van der Waals surface area (Å²) in [6.07, 6.45) is 0. The first kappa shape index (κ1) is 31.6. The molecule has 0 fully saturated rings. The van der Waals surface area contributed by atoms with E-state index in [1.54, 1.807) is 0 Å². The van der Waals surface area contributed by atoms with Crippen molar-refractivity contribution in [2.45, 2.75) is 26.2 Å². The summed E-state index contributed by atoms with van der Waals surface area (Å²) in [5, 5.41) is 5.07. The van der Waals surface area contributed by atoms with E-state index in [9.17, 15) is 0 Å². The van der Waals surface area contributed by atoms with Crippen LogP contribution in [-0.4, -0.2) is 4.57 Å². The zero-order valence-corrected chi connectivity index (χ0v) is 29.8. The first-order valence-corrected chi connectivity index (χ1v) is 18.1. The molecule has 0 bridgehead atoms. The molecule has 0 atom stereocenters. The fourth-order valence-corrected chi connectivity index (χ4v) is 7.53. The first-order valence-electron chi connectivity index (χ1n) is 18.1. The Morgan fingerprint density at radius 2 is 0.846 bits per heavy atom. The lowest BCUT2D eigenvalue weighted by molar-refractivity contribution is 0.590. The number of hydrogen-bond acceptors (Lipinski definition) is 1. The third-order valence-corrected chi connectivity index (χ3v) is 10.3. The normalized spacial score (nSPS) is 11.8. The van der Waals surface area contributed by atoms with Gasteiger partial charge in [0.15, 0.2) is 0 Å². The van der Waals surface area contributed by atoms with E-state index in [0.29, 0.717) is 0 Å². The maximum Gasteiger partial charge on any atom is 0.0547 e. The van der Waals surface area contributed by atoms with Gasteiger partial charge >= 0.3 is 0 Å². The van der Waals surface area contributed by atoms with Gasteiger partial charge in [0.05, 0.1) is 11.0 Å². The second kappa shape index (κ2) is 12.7. The Hall–Kier alpha value is -6.38. The molecule has 0 saturated heterocycles. The van der Waals surface area contributed by atoms with E-state index >= 15 is 0 Å². The van der Waals surface area contributed by atoms with Crippen LogP contribution in [0.5, 0.6) is 0 Å². The highest BCUT2D eigenvalue weighted by Gasteiger charge is 2.18. The molecule has 2 nitrogen and oxygen atoms in total. The molecule has 0 aliphatic rings. The molecule has 1 heterocycles. The second-order valence-corrected chi connectivity index (χ2v) is 14.7. The van der Waals surface area contributed by atoms with Crippen molar-refractivity contribution in [2.24, 2.45) is 0 Å². The van der Waals surface area contributed by atoms with Crippen molar-refractivity contribution in [2.75, 3.05) is 4.90 Å². The van der Waals surface area contributed by atoms with Gasteiger partial charge < -0.3 is 9.47 Å². The molecule has 2 heteroatoms. The van der Waals surface area contributed by atoms with Crippen molar-refractivity contribution >= 4 is 49.6 Å². The first-order chi connectivity index (χ1) is 25.4. The molecule has 0 N–H and O–H groups in total. The van der Waals surface area contributed by atoms with Crippen LogP contribution in [0, 0.1) is 0 Å². The number of para-hydroxylation sites is 1. The molecule has 1 aromatic heterocycles. The van der Waals surface area contributed by atoms with Crippen LogP contribution in [0.2, 0.25) is 0 Å². The van der Waals surface area contributed by atoms with Crippen LogP contribution in [0.4, 0.5) is 17.1 Å². The van der Waals surface area contributed by atoms with E-state index in [1.807, 2.05) is 0 Å². The maximum atomic E-state index is 2.40. The van der Waals surface area contributed by atoms with Gasteiger partial charge in [0.2, 0.25) is 0 Å². The van der Waals surface area contributed by atoms with E-state index < -0.39 is 0 Å². The van der Waals surface area contributed by atoms with Gasteiger partial charge in [0.25, 0.3) is 0 Å². The Morgan fingerprint density at radius 1 is 0.385 bits per heavy atom. The zero-order chi connectivity index (χ0) is 35.2. The van der Waals surface area contributed by atoms with Gasteiger partial charge in [-0.15, -0.1) is 0 Å². The minimum Gasteiger partial charge on any atom is -0.311 e. The number of anilines is 3. The van der Waals surface area contributed by atoms with Gasteiger partial charge in [-0.3, -0.25) is 0 Å². The van der Waals surface area contributed by atoms with Crippen molar-refractivity contribution in [3.05, 3.63) is 194 Å². The Bertz CT molecular complexity index is 2660. The molecule has 0 radical (unpaired) electrons. The van der Waals surface area contributed by atoms with Crippen molar-refractivity contribution < 1.29 is 0 Å². The van der Waals surface area contributed by atoms with Crippen LogP contribution >= 0.6 is 0 Å². The summed E-state index contributed by atoms with van der Waals surface area (Å²) in [6, 6.07) is 68.4. The Morgan fingerprint density at radius 3 is 1.42 bits per heavy atom. The maximum absolute atomic E-state index is 2.40. The number of fused-ring (bicyclic) bond motifs is 4. The lowest BCUT2D eigenvalue weighted by Gasteiger charge is -2.27. The van der Waals surface area contributed by atoms with Crippen LogP contribution in [0.15, 0.2) is 188 Å². The van der Waals surface area contributed by atoms with Gasteiger partial charge in [-0.1, -0.05) is 142 Å². The molecule has 8 aromatic carbocycles. The van der Waals surface area contributed by atoms with Crippen LogP contribution in [0.3, 0.4) is 0 Å². The van der Waals surface area contributed by atoms with E-state index in [2.05, 4.69) is 218 Å². The molecule has 0 saturated carbocycles. The van der Waals surface area contributed by atoms with Crippen LogP contribution in [-0.2, 0) is 5.41 Å². The van der Waals surface area contributed by atoms with E-state index in [-0.39, 0.29) is 5.41 Å². The van der Waals surface area contributed by atoms with Gasteiger partial charge in [-0.2, -0.15) is 0 Å². The second-order valence-electron chi connectivity index (χ2n) is 14.7. The highest BCUT2D eigenvalue weighted by molar-refractivity contribution is 6.13. The summed E-state index contributed by atoms with van der Waals surface area (Å²) in [4.78, 5) is 2.35. The van der Waals surface area contributed by atoms with Crippen LogP contribution in [0.1, 0.15) is 26.3 Å². The Kier molecular flexibility index (Phi) is 7.74. The highest BCUT2D eigenvalue weighted by Crippen LogP contribution is 2.39. The molecule has 0 spiro atoms. The fourth-order valence-electron chi connectivity index (χ4n) is 7.53. The third kappa shape index (κ3) is 5.73. The number of aromatic nitrogens is 1. The summed E-state index contributed by atoms with van der Waals surface area (Å²) >= 11 is 0. The van der Waals surface area contributed by atoms with Crippen molar-refractivity contribution in [3.63, 3.8) is 0 Å². The van der Waals surface area contributed by atoms with E-state index in [1.165, 1.54) is 60.4 Å². The topological polar surface area (TPSA) is 8.17 Å². The molecule has 52 heavy (non-hydrogen) atoms. The van der Waals surface area contributed by atoms with E-state index in [0.717, 1.165) is 22.7 Å². The molecule has 250 valence electrons. The summed E-state index contributed by atoms with van der Waals surface area (Å²) in [5.41, 5.74) is 13.2. The third-order valence-electron chi connectivity index (χ3n) is 10.3. The number of benzene rings is 8. The standard InChI is InChI=1S/C50H40N2/c1-50(2,3)41-23-31-44(32-24-41)51(42-25-17-36(18-26-42)35-11-5-4-6-12-35)43-27-19-37(20-28-43)38-21-29-45(30-22-38)52-48-16-10-9-15-46(48)47-33-39-13-7-8-14-40(39)34-49(47)52/h4-34H,1-3H3. The van der Waals surface area contributed by atoms with E-state index in [4.69, 9.17) is 0 Å². The SMILES string of the molecule is CC(C)(C)c1ccc(N(c2ccc(-c3ccccc3)cc2)c2ccc(-c3ccc(-n4c5ccccc5c5cc6ccccc6cc54)cc3)cc2)cc1. The van der Waals surface area contributed by atoms with Crippen LogP contribution in [0.25, 0.3) is 60.5 Å². The Balaban J connectivity index is 1.06. The van der Waals surface area contributed by atoms with Gasteiger partial charge in [0.1, 0.15) is 0 Å². The summed E-state index contributed by atoms with van der Waals surface area (Å²) in [6.45, 7) is 6.79.